The number of ether oxygens (including phenoxy) is 2. The molecular weight excluding hydrogens is 388 g/mol. The average Bonchev–Trinajstić information content (AvgIpc) is 3.28. The molecule has 0 fully saturated rings. The maximum absolute atomic E-state index is 13.3. The van der Waals surface area contributed by atoms with Gasteiger partial charge in [0.2, 0.25) is 0 Å². The van der Waals surface area contributed by atoms with Crippen molar-refractivity contribution in [1.82, 2.24) is 4.90 Å². The van der Waals surface area contributed by atoms with Crippen molar-refractivity contribution < 1.29 is 23.6 Å². The predicted octanol–water partition coefficient (Wildman–Crippen LogP) is 3.99. The van der Waals surface area contributed by atoms with Crippen molar-refractivity contribution in [2.24, 2.45) is 0 Å². The molecule has 3 aromatic rings. The monoisotopic (exact) mass is 408 g/mol. The number of fused-ring (bicyclic) bond motifs is 1. The van der Waals surface area contributed by atoms with Crippen LogP contribution in [0.4, 0.5) is 5.88 Å². The number of rotatable bonds is 5. The number of hydrogen-bond donors (Lipinski definition) is 0. The standard InChI is InChI=1S/C22H20N2O6/c1-28-18-12-15-10-11-23(22(25)17-8-9-20(30-17)24(26)27)21(14-6-4-3-5-7-14)16(15)13-19(18)29-2/h3-9,12-13,21H,10-11H2,1-2H3. The fourth-order valence-corrected chi connectivity index (χ4v) is 3.84. The first-order chi connectivity index (χ1) is 14.5. The Hall–Kier alpha value is -3.81. The SMILES string of the molecule is COc1cc2c(cc1OC)C(c1ccccc1)N(C(=O)c1ccc([N+](=O)[O-])o1)CC2. The van der Waals surface area contributed by atoms with E-state index in [0.717, 1.165) is 16.7 Å². The zero-order valence-electron chi connectivity index (χ0n) is 16.5. The molecule has 1 aliphatic heterocycles. The maximum Gasteiger partial charge on any atom is 0.433 e. The van der Waals surface area contributed by atoms with Gasteiger partial charge in [-0.1, -0.05) is 30.3 Å². The molecule has 0 spiro atoms. The van der Waals surface area contributed by atoms with Crippen LogP contribution in [0.5, 0.6) is 11.5 Å². The number of benzene rings is 2. The number of nitro groups is 1. The Morgan fingerprint density at radius 2 is 1.80 bits per heavy atom. The van der Waals surface area contributed by atoms with Crippen LogP contribution < -0.4 is 9.47 Å². The quantitative estimate of drug-likeness (QED) is 0.468. The van der Waals surface area contributed by atoms with Gasteiger partial charge in [-0.2, -0.15) is 0 Å². The van der Waals surface area contributed by atoms with E-state index >= 15 is 0 Å². The van der Waals surface area contributed by atoms with E-state index in [2.05, 4.69) is 0 Å². The van der Waals surface area contributed by atoms with Crippen molar-refractivity contribution in [2.75, 3.05) is 20.8 Å². The minimum absolute atomic E-state index is 0.0634. The van der Waals surface area contributed by atoms with Crippen molar-refractivity contribution in [2.45, 2.75) is 12.5 Å². The summed E-state index contributed by atoms with van der Waals surface area (Å²) in [5.74, 6) is 0.270. The van der Waals surface area contributed by atoms with Gasteiger partial charge in [0.05, 0.1) is 26.3 Å². The van der Waals surface area contributed by atoms with Crippen LogP contribution in [0, 0.1) is 10.1 Å². The molecule has 0 saturated carbocycles. The number of amides is 1. The second kappa shape index (κ2) is 7.90. The van der Waals surface area contributed by atoms with Gasteiger partial charge in [0.1, 0.15) is 4.92 Å². The van der Waals surface area contributed by atoms with Crippen LogP contribution in [0.15, 0.2) is 59.0 Å². The van der Waals surface area contributed by atoms with Crippen LogP contribution in [0.3, 0.4) is 0 Å². The second-order valence-electron chi connectivity index (χ2n) is 6.86. The summed E-state index contributed by atoms with van der Waals surface area (Å²) in [5.41, 5.74) is 2.88. The molecule has 1 aromatic heterocycles. The number of carbonyl (C=O) groups is 1. The highest BCUT2D eigenvalue weighted by molar-refractivity contribution is 5.92. The summed E-state index contributed by atoms with van der Waals surface area (Å²) in [6.07, 6.45) is 0.605. The van der Waals surface area contributed by atoms with Gasteiger partial charge in [-0.25, -0.2) is 0 Å². The van der Waals surface area contributed by atoms with Crippen molar-refractivity contribution >= 4 is 11.8 Å². The van der Waals surface area contributed by atoms with E-state index in [1.54, 1.807) is 19.1 Å². The zero-order valence-corrected chi connectivity index (χ0v) is 16.5. The molecule has 8 heteroatoms. The van der Waals surface area contributed by atoms with Crippen LogP contribution in [0.2, 0.25) is 0 Å². The molecule has 0 saturated heterocycles. The van der Waals surface area contributed by atoms with Crippen LogP contribution >= 0.6 is 0 Å². The summed E-state index contributed by atoms with van der Waals surface area (Å²) in [5, 5.41) is 11.0. The van der Waals surface area contributed by atoms with E-state index < -0.39 is 22.8 Å². The van der Waals surface area contributed by atoms with E-state index in [1.807, 2.05) is 42.5 Å². The van der Waals surface area contributed by atoms with Gasteiger partial charge in [0.25, 0.3) is 5.91 Å². The number of furan rings is 1. The summed E-state index contributed by atoms with van der Waals surface area (Å²) in [4.78, 5) is 25.2. The highest BCUT2D eigenvalue weighted by Crippen LogP contribution is 2.41. The van der Waals surface area contributed by atoms with E-state index in [-0.39, 0.29) is 5.76 Å². The topological polar surface area (TPSA) is 95.0 Å². The third-order valence-corrected chi connectivity index (χ3v) is 5.23. The van der Waals surface area contributed by atoms with Crippen molar-refractivity contribution in [3.05, 3.63) is 87.2 Å². The van der Waals surface area contributed by atoms with Gasteiger partial charge < -0.3 is 18.8 Å². The summed E-state index contributed by atoms with van der Waals surface area (Å²) in [6, 6.07) is 15.6. The Bertz CT molecular complexity index is 1090. The highest BCUT2D eigenvalue weighted by atomic mass is 16.6. The van der Waals surface area contributed by atoms with Crippen molar-refractivity contribution in [3.8, 4) is 11.5 Å². The smallest absolute Gasteiger partial charge is 0.433 e. The summed E-state index contributed by atoms with van der Waals surface area (Å²) in [7, 11) is 3.15. The van der Waals surface area contributed by atoms with Crippen molar-refractivity contribution in [1.29, 1.82) is 0 Å². The van der Waals surface area contributed by atoms with Crippen LogP contribution in [0.25, 0.3) is 0 Å². The van der Waals surface area contributed by atoms with Gasteiger partial charge in [-0.3, -0.25) is 14.9 Å². The van der Waals surface area contributed by atoms with Gasteiger partial charge in [0, 0.05) is 6.54 Å². The molecule has 1 aliphatic rings. The molecule has 8 nitrogen and oxygen atoms in total. The van der Waals surface area contributed by atoms with Crippen LogP contribution in [-0.2, 0) is 6.42 Å². The molecule has 0 bridgehead atoms. The predicted molar refractivity (Wildman–Crippen MR) is 108 cm³/mol. The van der Waals surface area contributed by atoms with Crippen LogP contribution in [0.1, 0.15) is 33.3 Å². The highest BCUT2D eigenvalue weighted by Gasteiger charge is 2.35. The Balaban J connectivity index is 1.81. The average molecular weight is 408 g/mol. The Morgan fingerprint density at radius 3 is 2.43 bits per heavy atom. The van der Waals surface area contributed by atoms with E-state index in [9.17, 15) is 14.9 Å². The van der Waals surface area contributed by atoms with Gasteiger partial charge in [-0.05, 0) is 41.3 Å². The van der Waals surface area contributed by atoms with E-state index in [1.165, 1.54) is 12.1 Å². The largest absolute Gasteiger partial charge is 0.493 e. The molecule has 1 atom stereocenters. The molecule has 0 N–H and O–H groups in total. The van der Waals surface area contributed by atoms with Gasteiger partial charge in [0.15, 0.2) is 17.3 Å². The first-order valence-corrected chi connectivity index (χ1v) is 9.38. The Morgan fingerprint density at radius 1 is 1.10 bits per heavy atom. The minimum Gasteiger partial charge on any atom is -0.493 e. The number of carbonyl (C=O) groups excluding carboxylic acids is 1. The Labute approximate surface area is 172 Å². The number of methoxy groups -OCH3 is 2. The lowest BCUT2D eigenvalue weighted by Crippen LogP contribution is -2.40. The van der Waals surface area contributed by atoms with Crippen molar-refractivity contribution in [3.63, 3.8) is 0 Å². The van der Waals surface area contributed by atoms with Crippen LogP contribution in [-0.4, -0.2) is 36.5 Å². The lowest BCUT2D eigenvalue weighted by atomic mass is 9.87. The molecule has 4 rings (SSSR count). The second-order valence-corrected chi connectivity index (χ2v) is 6.86. The third kappa shape index (κ3) is 3.36. The third-order valence-electron chi connectivity index (χ3n) is 5.23. The Kier molecular flexibility index (Phi) is 5.14. The molecule has 1 unspecified atom stereocenters. The van der Waals surface area contributed by atoms with E-state index in [4.69, 9.17) is 13.9 Å². The number of hydrogen-bond acceptors (Lipinski definition) is 6. The molecule has 2 aromatic carbocycles. The van der Waals surface area contributed by atoms with Gasteiger partial charge in [-0.15, -0.1) is 0 Å². The molecule has 0 radical (unpaired) electrons. The van der Waals surface area contributed by atoms with E-state index in [0.29, 0.717) is 24.5 Å². The molecule has 2 heterocycles. The fraction of sp³-hybridized carbons (Fsp3) is 0.227. The lowest BCUT2D eigenvalue weighted by Gasteiger charge is -2.37. The summed E-state index contributed by atoms with van der Waals surface area (Å²) in [6.45, 7) is 0.426. The molecule has 154 valence electrons. The lowest BCUT2D eigenvalue weighted by molar-refractivity contribution is -0.402. The number of nitrogens with zero attached hydrogens (tertiary/aromatic N) is 2. The molecular formula is C22H20N2O6. The summed E-state index contributed by atoms with van der Waals surface area (Å²) < 4.78 is 16.1. The molecule has 1 amide bonds. The first kappa shape index (κ1) is 19.5. The zero-order chi connectivity index (χ0) is 21.3. The summed E-state index contributed by atoms with van der Waals surface area (Å²) >= 11 is 0. The fourth-order valence-electron chi connectivity index (χ4n) is 3.84. The molecule has 0 aliphatic carbocycles. The normalized spacial score (nSPS) is 15.4. The molecule has 30 heavy (non-hydrogen) atoms. The first-order valence-electron chi connectivity index (χ1n) is 9.38. The van der Waals surface area contributed by atoms with Gasteiger partial charge >= 0.3 is 5.88 Å². The minimum atomic E-state index is -0.659. The maximum atomic E-state index is 13.3.